The van der Waals surface area contributed by atoms with E-state index in [1.165, 1.54) is 5.39 Å². The van der Waals surface area contributed by atoms with Crippen molar-refractivity contribution in [2.45, 2.75) is 12.8 Å². The number of hydrogen-bond donors (Lipinski definition) is 0. The topological polar surface area (TPSA) is 59.3 Å². The van der Waals surface area contributed by atoms with E-state index in [-0.39, 0.29) is 10.6 Å². The summed E-state index contributed by atoms with van der Waals surface area (Å²) in [5.74, 6) is 0. The summed E-state index contributed by atoms with van der Waals surface area (Å²) >= 11 is 1.63. The van der Waals surface area contributed by atoms with Gasteiger partial charge in [0.2, 0.25) is 0 Å². The molecule has 0 bridgehead atoms. The summed E-state index contributed by atoms with van der Waals surface area (Å²) in [6.07, 6.45) is 6.02. The van der Waals surface area contributed by atoms with Crippen LogP contribution in [0.25, 0.3) is 33.1 Å². The van der Waals surface area contributed by atoms with Crippen molar-refractivity contribution in [1.82, 2.24) is 4.98 Å². The van der Waals surface area contributed by atoms with Gasteiger partial charge in [-0.05, 0) is 42.0 Å². The molecule has 0 N–H and O–H groups in total. The van der Waals surface area contributed by atoms with Crippen molar-refractivity contribution in [3.8, 4) is 0 Å². The summed E-state index contributed by atoms with van der Waals surface area (Å²) < 4.78 is 1.14. The molecule has 0 unspecified atom stereocenters. The predicted octanol–water partition coefficient (Wildman–Crippen LogP) is 6.13. The monoisotopic (exact) mass is 401 g/mol. The van der Waals surface area contributed by atoms with E-state index in [2.05, 4.69) is 29.2 Å². The maximum absolute atomic E-state index is 11.6. The summed E-state index contributed by atoms with van der Waals surface area (Å²) in [5, 5.41) is 14.8. The molecule has 1 aromatic heterocycles. The van der Waals surface area contributed by atoms with Crippen molar-refractivity contribution < 1.29 is 4.92 Å². The number of nitro groups is 1. The molecule has 0 atom stereocenters. The number of nitrogens with zero attached hydrogens (tertiary/aromatic N) is 3. The van der Waals surface area contributed by atoms with E-state index >= 15 is 0 Å². The molecule has 6 heteroatoms. The lowest BCUT2D eigenvalue weighted by Crippen LogP contribution is -2.18. The molecule has 1 aliphatic heterocycles. The molecule has 3 aromatic carbocycles. The molecule has 0 spiro atoms. The van der Waals surface area contributed by atoms with Crippen LogP contribution in [0.1, 0.15) is 23.4 Å². The summed E-state index contributed by atoms with van der Waals surface area (Å²) in [7, 11) is 0. The fourth-order valence-electron chi connectivity index (χ4n) is 3.93. The van der Waals surface area contributed by atoms with Gasteiger partial charge >= 0.3 is 0 Å². The number of fused-ring (bicyclic) bond motifs is 3. The average Bonchev–Trinajstić information content (AvgIpc) is 3.42. The van der Waals surface area contributed by atoms with Gasteiger partial charge in [0.1, 0.15) is 10.7 Å². The zero-order valence-corrected chi connectivity index (χ0v) is 16.6. The Morgan fingerprint density at radius 3 is 2.69 bits per heavy atom. The van der Waals surface area contributed by atoms with Crippen LogP contribution in [0.15, 0.2) is 54.6 Å². The van der Waals surface area contributed by atoms with Crippen LogP contribution in [-0.4, -0.2) is 23.0 Å². The third-order valence-electron chi connectivity index (χ3n) is 5.36. The lowest BCUT2D eigenvalue weighted by molar-refractivity contribution is -0.384. The molecule has 0 amide bonds. The molecule has 1 aliphatic rings. The lowest BCUT2D eigenvalue weighted by atomic mass is 10.1. The maximum atomic E-state index is 11.6. The Bertz CT molecular complexity index is 1260. The Hall–Kier alpha value is -3.25. The normalized spacial score (nSPS) is 14.4. The van der Waals surface area contributed by atoms with Crippen molar-refractivity contribution in [3.63, 3.8) is 0 Å². The summed E-state index contributed by atoms with van der Waals surface area (Å²) in [6.45, 7) is 1.77. The first-order chi connectivity index (χ1) is 14.2. The summed E-state index contributed by atoms with van der Waals surface area (Å²) in [6, 6.07) is 17.9. The molecule has 0 saturated carbocycles. The van der Waals surface area contributed by atoms with Gasteiger partial charge in [-0.15, -0.1) is 11.3 Å². The van der Waals surface area contributed by atoms with E-state index in [9.17, 15) is 10.1 Å². The van der Waals surface area contributed by atoms with Gasteiger partial charge in [0, 0.05) is 24.5 Å². The minimum absolute atomic E-state index is 0.171. The molecule has 5 rings (SSSR count). The molecule has 29 heavy (non-hydrogen) atoms. The van der Waals surface area contributed by atoms with Crippen LogP contribution in [0.2, 0.25) is 0 Å². The molecule has 4 aromatic rings. The van der Waals surface area contributed by atoms with Crippen LogP contribution < -0.4 is 4.90 Å². The molecular weight excluding hydrogens is 382 g/mol. The molecule has 0 aliphatic carbocycles. The number of thiazole rings is 1. The van der Waals surface area contributed by atoms with Gasteiger partial charge in [-0.2, -0.15) is 0 Å². The van der Waals surface area contributed by atoms with Crippen LogP contribution in [0.3, 0.4) is 0 Å². The van der Waals surface area contributed by atoms with E-state index in [1.807, 2.05) is 36.4 Å². The SMILES string of the molecule is O=[N+]([O-])c1cc(C=Cc2nc3c(ccc4ccccc43)s2)ccc1N1CCCC1. The fourth-order valence-corrected chi connectivity index (χ4v) is 4.82. The third-order valence-corrected chi connectivity index (χ3v) is 6.35. The van der Waals surface area contributed by atoms with Crippen LogP contribution in [0.5, 0.6) is 0 Å². The number of anilines is 1. The van der Waals surface area contributed by atoms with E-state index in [1.54, 1.807) is 17.4 Å². The molecule has 1 saturated heterocycles. The van der Waals surface area contributed by atoms with Crippen LogP contribution in [0.4, 0.5) is 11.4 Å². The summed E-state index contributed by atoms with van der Waals surface area (Å²) in [5.41, 5.74) is 2.70. The zero-order valence-electron chi connectivity index (χ0n) is 15.7. The van der Waals surface area contributed by atoms with Crippen molar-refractivity contribution in [1.29, 1.82) is 0 Å². The van der Waals surface area contributed by atoms with Crippen molar-refractivity contribution in [3.05, 3.63) is 75.3 Å². The van der Waals surface area contributed by atoms with E-state index in [0.29, 0.717) is 0 Å². The van der Waals surface area contributed by atoms with Crippen LogP contribution >= 0.6 is 11.3 Å². The smallest absolute Gasteiger partial charge is 0.293 e. The van der Waals surface area contributed by atoms with E-state index < -0.39 is 0 Å². The second-order valence-corrected chi connectivity index (χ2v) is 8.28. The van der Waals surface area contributed by atoms with Gasteiger partial charge in [0.25, 0.3) is 5.69 Å². The molecule has 2 heterocycles. The van der Waals surface area contributed by atoms with Gasteiger partial charge in [-0.25, -0.2) is 4.98 Å². The Morgan fingerprint density at radius 1 is 1.03 bits per heavy atom. The first-order valence-corrected chi connectivity index (χ1v) is 10.5. The molecule has 0 radical (unpaired) electrons. The molecule has 1 fully saturated rings. The van der Waals surface area contributed by atoms with Gasteiger partial charge in [-0.1, -0.05) is 42.5 Å². The minimum atomic E-state index is -0.283. The average molecular weight is 401 g/mol. The number of benzene rings is 3. The Labute approximate surface area is 172 Å². The largest absolute Gasteiger partial charge is 0.366 e. The molecule has 144 valence electrons. The Balaban J connectivity index is 1.48. The number of aromatic nitrogens is 1. The molecule has 5 nitrogen and oxygen atoms in total. The summed E-state index contributed by atoms with van der Waals surface area (Å²) in [4.78, 5) is 18.2. The standard InChI is InChI=1S/C23H19N3O2S/c27-26(28)20-15-16(7-10-19(20)25-13-3-4-14-25)8-12-22-24-23-18-6-2-1-5-17(18)9-11-21(23)29-22/h1-2,5-12,15H,3-4,13-14H2. The molecular formula is C23H19N3O2S. The first-order valence-electron chi connectivity index (χ1n) is 9.69. The van der Waals surface area contributed by atoms with Crippen molar-refractivity contribution in [2.75, 3.05) is 18.0 Å². The van der Waals surface area contributed by atoms with Gasteiger partial charge in [0.05, 0.1) is 15.1 Å². The second kappa shape index (κ2) is 7.29. The highest BCUT2D eigenvalue weighted by Gasteiger charge is 2.22. The fraction of sp³-hybridized carbons (Fsp3) is 0.174. The zero-order chi connectivity index (χ0) is 19.8. The number of rotatable bonds is 4. The van der Waals surface area contributed by atoms with Crippen molar-refractivity contribution >= 4 is 55.9 Å². The minimum Gasteiger partial charge on any atom is -0.366 e. The first kappa shape index (κ1) is 17.8. The highest BCUT2D eigenvalue weighted by Crippen LogP contribution is 2.33. The van der Waals surface area contributed by atoms with Gasteiger partial charge in [0.15, 0.2) is 0 Å². The van der Waals surface area contributed by atoms with E-state index in [0.717, 1.165) is 57.8 Å². The van der Waals surface area contributed by atoms with Crippen LogP contribution in [-0.2, 0) is 0 Å². The highest BCUT2D eigenvalue weighted by atomic mass is 32.1. The van der Waals surface area contributed by atoms with E-state index in [4.69, 9.17) is 4.98 Å². The number of nitro benzene ring substituents is 1. The van der Waals surface area contributed by atoms with Crippen molar-refractivity contribution in [2.24, 2.45) is 0 Å². The Morgan fingerprint density at radius 2 is 1.86 bits per heavy atom. The lowest BCUT2D eigenvalue weighted by Gasteiger charge is -2.17. The van der Waals surface area contributed by atoms with Gasteiger partial charge in [-0.3, -0.25) is 10.1 Å². The predicted molar refractivity (Wildman–Crippen MR) is 121 cm³/mol. The number of hydrogen-bond acceptors (Lipinski definition) is 5. The van der Waals surface area contributed by atoms with Gasteiger partial charge < -0.3 is 4.90 Å². The van der Waals surface area contributed by atoms with Crippen LogP contribution in [0, 0.1) is 10.1 Å². The highest BCUT2D eigenvalue weighted by molar-refractivity contribution is 7.19. The maximum Gasteiger partial charge on any atom is 0.293 e. The third kappa shape index (κ3) is 3.36. The quantitative estimate of drug-likeness (QED) is 0.305. The Kier molecular flexibility index (Phi) is 4.48. The second-order valence-electron chi connectivity index (χ2n) is 7.22.